The fourth-order valence-corrected chi connectivity index (χ4v) is 6.83. The number of rotatable bonds is 7. The molecule has 2 amide bonds. The number of carbonyl (C=O) groups excluding carboxylic acids is 2. The molecule has 6 rings (SSSR count). The van der Waals surface area contributed by atoms with Gasteiger partial charge in [0.2, 0.25) is 5.95 Å². The molecular formula is C33H36N6O2S. The number of piperazine rings is 1. The molecule has 1 aliphatic heterocycles. The molecule has 0 spiro atoms. The predicted molar refractivity (Wildman–Crippen MR) is 169 cm³/mol. The minimum absolute atomic E-state index is 0.0650. The molecule has 0 unspecified atom stereocenters. The largest absolute Gasteiger partial charge is 0.336 e. The van der Waals surface area contributed by atoms with Crippen LogP contribution in [-0.4, -0.2) is 64.3 Å². The summed E-state index contributed by atoms with van der Waals surface area (Å²) in [6.07, 6.45) is 6.26. The number of likely N-dealkylation sites (N-methyl/N-ethyl adjacent to an activating group) is 1. The van der Waals surface area contributed by atoms with E-state index in [-0.39, 0.29) is 11.8 Å². The zero-order chi connectivity index (χ0) is 29.1. The molecular weight excluding hydrogens is 544 g/mol. The SMILES string of the molecule is CCN1CCN(C(=O)c2ccc(Nc3nccc(-c4cccc(NC(=O)c5cc6c(s5)CCCC6)c4C)n3)cc2)CC1. The zero-order valence-electron chi connectivity index (χ0n) is 24.2. The summed E-state index contributed by atoms with van der Waals surface area (Å²) in [5.41, 5.74) is 6.20. The lowest BCUT2D eigenvalue weighted by Gasteiger charge is -2.34. The molecule has 8 nitrogen and oxygen atoms in total. The van der Waals surface area contributed by atoms with E-state index in [4.69, 9.17) is 4.98 Å². The van der Waals surface area contributed by atoms with E-state index in [1.165, 1.54) is 23.3 Å². The molecule has 1 fully saturated rings. The number of benzene rings is 2. The van der Waals surface area contributed by atoms with Gasteiger partial charge in [0.15, 0.2) is 0 Å². The summed E-state index contributed by atoms with van der Waals surface area (Å²) in [7, 11) is 0. The van der Waals surface area contributed by atoms with Crippen molar-refractivity contribution in [3.8, 4) is 11.3 Å². The van der Waals surface area contributed by atoms with Crippen LogP contribution in [0.25, 0.3) is 11.3 Å². The molecule has 2 aliphatic rings. The molecule has 2 N–H and O–H groups in total. The van der Waals surface area contributed by atoms with E-state index < -0.39 is 0 Å². The van der Waals surface area contributed by atoms with Crippen LogP contribution in [0, 0.1) is 6.92 Å². The van der Waals surface area contributed by atoms with Gasteiger partial charge in [-0.05, 0) is 92.7 Å². The fourth-order valence-electron chi connectivity index (χ4n) is 5.68. The van der Waals surface area contributed by atoms with E-state index in [0.29, 0.717) is 11.5 Å². The summed E-state index contributed by atoms with van der Waals surface area (Å²) >= 11 is 1.62. The van der Waals surface area contributed by atoms with Crippen LogP contribution in [0.3, 0.4) is 0 Å². The Morgan fingerprint density at radius 2 is 1.76 bits per heavy atom. The number of carbonyl (C=O) groups is 2. The van der Waals surface area contributed by atoms with E-state index >= 15 is 0 Å². The predicted octanol–water partition coefficient (Wildman–Crippen LogP) is 6.17. The second kappa shape index (κ2) is 12.4. The molecule has 0 bridgehead atoms. The molecule has 2 aromatic heterocycles. The minimum atomic E-state index is -0.0650. The lowest BCUT2D eigenvalue weighted by molar-refractivity contribution is 0.0643. The summed E-state index contributed by atoms with van der Waals surface area (Å²) in [6, 6.07) is 17.3. The van der Waals surface area contributed by atoms with Gasteiger partial charge >= 0.3 is 0 Å². The number of amides is 2. The summed E-state index contributed by atoms with van der Waals surface area (Å²) in [5.74, 6) is 0.460. The van der Waals surface area contributed by atoms with Gasteiger partial charge in [-0.15, -0.1) is 11.3 Å². The third-order valence-corrected chi connectivity index (χ3v) is 9.46. The Bertz CT molecular complexity index is 1570. The first-order valence-electron chi connectivity index (χ1n) is 14.7. The van der Waals surface area contributed by atoms with E-state index in [0.717, 1.165) is 78.6 Å². The van der Waals surface area contributed by atoms with Crippen LogP contribution in [0.4, 0.5) is 17.3 Å². The van der Waals surface area contributed by atoms with Gasteiger partial charge in [0.25, 0.3) is 11.8 Å². The van der Waals surface area contributed by atoms with Crippen LogP contribution in [0.15, 0.2) is 60.8 Å². The molecule has 42 heavy (non-hydrogen) atoms. The van der Waals surface area contributed by atoms with Gasteiger partial charge in [0.05, 0.1) is 10.6 Å². The fraction of sp³-hybridized carbons (Fsp3) is 0.333. The zero-order valence-corrected chi connectivity index (χ0v) is 25.0. The summed E-state index contributed by atoms with van der Waals surface area (Å²) in [5, 5.41) is 6.38. The molecule has 2 aromatic carbocycles. The molecule has 3 heterocycles. The van der Waals surface area contributed by atoms with Crippen molar-refractivity contribution < 1.29 is 9.59 Å². The lowest BCUT2D eigenvalue weighted by Crippen LogP contribution is -2.48. The van der Waals surface area contributed by atoms with E-state index in [1.54, 1.807) is 17.5 Å². The van der Waals surface area contributed by atoms with Crippen LogP contribution in [-0.2, 0) is 12.8 Å². The number of hydrogen-bond donors (Lipinski definition) is 2. The van der Waals surface area contributed by atoms with Crippen LogP contribution >= 0.6 is 11.3 Å². The molecule has 216 valence electrons. The van der Waals surface area contributed by atoms with Gasteiger partial charge in [-0.2, -0.15) is 0 Å². The lowest BCUT2D eigenvalue weighted by atomic mass is 9.99. The maximum Gasteiger partial charge on any atom is 0.265 e. The number of thiophene rings is 1. The van der Waals surface area contributed by atoms with Gasteiger partial charge in [-0.1, -0.05) is 19.1 Å². The third-order valence-electron chi connectivity index (χ3n) is 8.23. The van der Waals surface area contributed by atoms with Crippen molar-refractivity contribution in [2.75, 3.05) is 43.4 Å². The highest BCUT2D eigenvalue weighted by Gasteiger charge is 2.22. The number of hydrogen-bond acceptors (Lipinski definition) is 7. The number of fused-ring (bicyclic) bond motifs is 1. The Morgan fingerprint density at radius 1 is 0.976 bits per heavy atom. The molecule has 1 aliphatic carbocycles. The van der Waals surface area contributed by atoms with Gasteiger partial charge in [-0.25, -0.2) is 9.97 Å². The Hall–Kier alpha value is -4.08. The first-order chi connectivity index (χ1) is 20.5. The van der Waals surface area contributed by atoms with E-state index in [9.17, 15) is 9.59 Å². The second-order valence-corrected chi connectivity index (χ2v) is 12.0. The van der Waals surface area contributed by atoms with Crippen LogP contribution in [0.5, 0.6) is 0 Å². The maximum atomic E-state index is 13.1. The Labute approximate surface area is 250 Å². The second-order valence-electron chi connectivity index (χ2n) is 10.9. The highest BCUT2D eigenvalue weighted by molar-refractivity contribution is 7.14. The smallest absolute Gasteiger partial charge is 0.265 e. The topological polar surface area (TPSA) is 90.5 Å². The Balaban J connectivity index is 1.13. The summed E-state index contributed by atoms with van der Waals surface area (Å²) in [6.45, 7) is 8.52. The molecule has 4 aromatic rings. The number of aromatic nitrogens is 2. The van der Waals surface area contributed by atoms with E-state index in [2.05, 4.69) is 33.5 Å². The van der Waals surface area contributed by atoms with Crippen molar-refractivity contribution >= 4 is 40.5 Å². The van der Waals surface area contributed by atoms with Crippen molar-refractivity contribution in [3.63, 3.8) is 0 Å². The minimum Gasteiger partial charge on any atom is -0.336 e. The normalized spacial score (nSPS) is 15.2. The van der Waals surface area contributed by atoms with E-state index in [1.807, 2.05) is 60.4 Å². The van der Waals surface area contributed by atoms with Crippen molar-refractivity contribution in [1.82, 2.24) is 19.8 Å². The van der Waals surface area contributed by atoms with Gasteiger partial charge in [0, 0.05) is 59.8 Å². The van der Waals surface area contributed by atoms with Gasteiger partial charge in [0.1, 0.15) is 0 Å². The Kier molecular flexibility index (Phi) is 8.30. The number of nitrogens with one attached hydrogen (secondary N) is 2. The highest BCUT2D eigenvalue weighted by atomic mass is 32.1. The number of nitrogens with zero attached hydrogens (tertiary/aromatic N) is 4. The van der Waals surface area contributed by atoms with Crippen LogP contribution in [0.2, 0.25) is 0 Å². The monoisotopic (exact) mass is 580 g/mol. The number of anilines is 3. The van der Waals surface area contributed by atoms with Crippen molar-refractivity contribution in [3.05, 3.63) is 87.2 Å². The molecule has 9 heteroatoms. The summed E-state index contributed by atoms with van der Waals surface area (Å²) in [4.78, 5) is 41.6. The number of aryl methyl sites for hydroxylation is 2. The third kappa shape index (κ3) is 6.07. The van der Waals surface area contributed by atoms with Crippen LogP contribution < -0.4 is 10.6 Å². The van der Waals surface area contributed by atoms with Gasteiger partial charge in [-0.3, -0.25) is 9.59 Å². The molecule has 1 saturated heterocycles. The average molecular weight is 581 g/mol. The van der Waals surface area contributed by atoms with Gasteiger partial charge < -0.3 is 20.4 Å². The molecule has 0 saturated carbocycles. The first kappa shape index (κ1) is 28.1. The average Bonchev–Trinajstić information content (AvgIpc) is 3.47. The quantitative estimate of drug-likeness (QED) is 0.272. The first-order valence-corrected chi connectivity index (χ1v) is 15.5. The van der Waals surface area contributed by atoms with Crippen molar-refractivity contribution in [1.29, 1.82) is 0 Å². The Morgan fingerprint density at radius 3 is 2.52 bits per heavy atom. The van der Waals surface area contributed by atoms with Crippen molar-refractivity contribution in [2.45, 2.75) is 39.5 Å². The standard InChI is InChI=1S/C33H36N6O2S/c1-3-38-17-19-39(20-18-38)32(41)23-11-13-25(14-12-23)35-33-34-16-15-28(37-33)26-8-6-9-27(22(26)2)36-31(40)30-21-24-7-4-5-10-29(24)42-30/h6,8-9,11-16,21H,3-5,7,10,17-20H2,1-2H3,(H,36,40)(H,34,35,37). The molecule has 0 radical (unpaired) electrons. The summed E-state index contributed by atoms with van der Waals surface area (Å²) < 4.78 is 0. The molecule has 0 atom stereocenters. The van der Waals surface area contributed by atoms with Crippen LogP contribution in [0.1, 0.15) is 55.8 Å². The maximum absolute atomic E-state index is 13.1. The van der Waals surface area contributed by atoms with Crippen molar-refractivity contribution in [2.24, 2.45) is 0 Å². The highest BCUT2D eigenvalue weighted by Crippen LogP contribution is 2.32.